The number of pyridine rings is 2. The number of hydrogen-bond acceptors (Lipinski definition) is 5. The summed E-state index contributed by atoms with van der Waals surface area (Å²) in [6.45, 7) is 4.69. The summed E-state index contributed by atoms with van der Waals surface area (Å²) in [5.74, 6) is 1.25. The van der Waals surface area contributed by atoms with E-state index in [1.54, 1.807) is 18.5 Å². The lowest BCUT2D eigenvalue weighted by Gasteiger charge is -2.13. The molecule has 3 N–H and O–H groups in total. The molecule has 2 aromatic rings. The van der Waals surface area contributed by atoms with Crippen LogP contribution in [0, 0.1) is 0 Å². The lowest BCUT2D eigenvalue weighted by atomic mass is 10.2. The van der Waals surface area contributed by atoms with Crippen molar-refractivity contribution in [3.63, 3.8) is 0 Å². The lowest BCUT2D eigenvalue weighted by molar-refractivity contribution is 0.234. The third-order valence-electron chi connectivity index (χ3n) is 2.71. The predicted octanol–water partition coefficient (Wildman–Crippen LogP) is 2.50. The highest BCUT2D eigenvalue weighted by atomic mass is 16.5. The number of nitrogen functional groups attached to an aromatic ring is 1. The van der Waals surface area contributed by atoms with Crippen molar-refractivity contribution in [1.29, 1.82) is 0 Å². The summed E-state index contributed by atoms with van der Waals surface area (Å²) in [6, 6.07) is 7.67. The number of aromatic nitrogens is 2. The Hall–Kier alpha value is -2.30. The largest absolute Gasteiger partial charge is 0.473 e. The number of anilines is 2. The van der Waals surface area contributed by atoms with Gasteiger partial charge in [0, 0.05) is 18.9 Å². The van der Waals surface area contributed by atoms with E-state index >= 15 is 0 Å². The second-order valence-corrected chi connectivity index (χ2v) is 4.79. The van der Waals surface area contributed by atoms with E-state index in [0.717, 1.165) is 18.8 Å². The summed E-state index contributed by atoms with van der Waals surface area (Å²) in [4.78, 5) is 8.37. The number of rotatable bonds is 6. The Morgan fingerprint density at radius 2 is 1.95 bits per heavy atom. The molecular formula is C15H20N4O. The topological polar surface area (TPSA) is 73.1 Å². The lowest BCUT2D eigenvalue weighted by Crippen LogP contribution is -2.11. The van der Waals surface area contributed by atoms with Crippen molar-refractivity contribution in [2.24, 2.45) is 0 Å². The van der Waals surface area contributed by atoms with Gasteiger partial charge in [0.05, 0.1) is 11.8 Å². The molecule has 0 spiro atoms. The van der Waals surface area contributed by atoms with Crippen LogP contribution in [0.5, 0.6) is 5.88 Å². The number of hydrogen-bond donors (Lipinski definition) is 2. The molecule has 0 aliphatic heterocycles. The predicted molar refractivity (Wildman–Crippen MR) is 80.8 cm³/mol. The second-order valence-electron chi connectivity index (χ2n) is 4.79. The van der Waals surface area contributed by atoms with Crippen molar-refractivity contribution in [3.8, 4) is 5.88 Å². The van der Waals surface area contributed by atoms with Crippen molar-refractivity contribution in [3.05, 3.63) is 42.2 Å². The van der Waals surface area contributed by atoms with Gasteiger partial charge in [-0.25, -0.2) is 0 Å². The summed E-state index contributed by atoms with van der Waals surface area (Å²) in [5, 5.41) is 3.27. The highest BCUT2D eigenvalue weighted by molar-refractivity contribution is 5.53. The molecule has 0 aliphatic carbocycles. The van der Waals surface area contributed by atoms with Crippen LogP contribution < -0.4 is 15.8 Å². The van der Waals surface area contributed by atoms with Crippen LogP contribution in [0.3, 0.4) is 0 Å². The summed E-state index contributed by atoms with van der Waals surface area (Å²) >= 11 is 0. The Morgan fingerprint density at radius 3 is 2.65 bits per heavy atom. The zero-order chi connectivity index (χ0) is 14.4. The normalized spacial score (nSPS) is 10.6. The molecule has 0 radical (unpaired) electrons. The third kappa shape index (κ3) is 4.12. The standard InChI is InChI=1S/C15H20N4O/c1-11(2)20-15-13(16)3-4-14(19-15)18-10-7-12-5-8-17-9-6-12/h3-6,8-9,11H,7,10,16H2,1-2H3,(H,18,19). The Balaban J connectivity index is 1.93. The Kier molecular flexibility index (Phi) is 4.76. The number of ether oxygens (including phenoxy) is 1. The van der Waals surface area contributed by atoms with Crippen LogP contribution in [0.25, 0.3) is 0 Å². The fourth-order valence-electron chi connectivity index (χ4n) is 1.75. The molecule has 2 heterocycles. The molecule has 0 fully saturated rings. The van der Waals surface area contributed by atoms with Gasteiger partial charge in [-0.3, -0.25) is 4.98 Å². The summed E-state index contributed by atoms with van der Waals surface area (Å²) in [5.41, 5.74) is 7.63. The molecule has 0 unspecified atom stereocenters. The van der Waals surface area contributed by atoms with Crippen LogP contribution in [0.15, 0.2) is 36.7 Å². The third-order valence-corrected chi connectivity index (χ3v) is 2.71. The summed E-state index contributed by atoms with van der Waals surface area (Å²) in [6.07, 6.45) is 4.56. The highest BCUT2D eigenvalue weighted by Crippen LogP contribution is 2.21. The van der Waals surface area contributed by atoms with E-state index in [1.165, 1.54) is 5.56 Å². The van der Waals surface area contributed by atoms with Crippen LogP contribution >= 0.6 is 0 Å². The molecule has 0 aliphatic rings. The first-order valence-electron chi connectivity index (χ1n) is 6.71. The van der Waals surface area contributed by atoms with Crippen molar-refractivity contribution in [2.75, 3.05) is 17.6 Å². The van der Waals surface area contributed by atoms with E-state index in [4.69, 9.17) is 10.5 Å². The van der Waals surface area contributed by atoms with Crippen molar-refractivity contribution in [2.45, 2.75) is 26.4 Å². The number of nitrogens with zero attached hydrogens (tertiary/aromatic N) is 2. The molecular weight excluding hydrogens is 252 g/mol. The minimum atomic E-state index is 0.0527. The van der Waals surface area contributed by atoms with Crippen molar-refractivity contribution >= 4 is 11.5 Å². The van der Waals surface area contributed by atoms with Gasteiger partial charge >= 0.3 is 0 Å². The van der Waals surface area contributed by atoms with Gasteiger partial charge in [-0.15, -0.1) is 0 Å². The van der Waals surface area contributed by atoms with E-state index in [-0.39, 0.29) is 6.10 Å². The molecule has 106 valence electrons. The van der Waals surface area contributed by atoms with Crippen LogP contribution in [-0.2, 0) is 6.42 Å². The zero-order valence-corrected chi connectivity index (χ0v) is 11.8. The maximum Gasteiger partial charge on any atom is 0.239 e. The molecule has 2 aromatic heterocycles. The van der Waals surface area contributed by atoms with Gasteiger partial charge in [-0.05, 0) is 50.1 Å². The summed E-state index contributed by atoms with van der Waals surface area (Å²) < 4.78 is 5.57. The fourth-order valence-corrected chi connectivity index (χ4v) is 1.75. The molecule has 5 nitrogen and oxygen atoms in total. The van der Waals surface area contributed by atoms with Gasteiger partial charge in [0.25, 0.3) is 0 Å². The van der Waals surface area contributed by atoms with Crippen molar-refractivity contribution < 1.29 is 4.74 Å². The Morgan fingerprint density at radius 1 is 1.20 bits per heavy atom. The van der Waals surface area contributed by atoms with Crippen LogP contribution in [0.1, 0.15) is 19.4 Å². The molecule has 0 saturated carbocycles. The molecule has 0 atom stereocenters. The van der Waals surface area contributed by atoms with Gasteiger partial charge in [-0.2, -0.15) is 4.98 Å². The minimum Gasteiger partial charge on any atom is -0.473 e. The van der Waals surface area contributed by atoms with Crippen LogP contribution in [0.2, 0.25) is 0 Å². The van der Waals surface area contributed by atoms with Gasteiger partial charge in [0.1, 0.15) is 5.82 Å². The molecule has 2 rings (SSSR count). The van der Waals surface area contributed by atoms with Gasteiger partial charge in [-0.1, -0.05) is 0 Å². The smallest absolute Gasteiger partial charge is 0.239 e. The van der Waals surface area contributed by atoms with E-state index < -0.39 is 0 Å². The van der Waals surface area contributed by atoms with Crippen molar-refractivity contribution in [1.82, 2.24) is 9.97 Å². The van der Waals surface area contributed by atoms with E-state index in [0.29, 0.717) is 11.6 Å². The van der Waals surface area contributed by atoms with Gasteiger partial charge < -0.3 is 15.8 Å². The molecule has 0 bridgehead atoms. The first-order chi connectivity index (χ1) is 9.65. The maximum atomic E-state index is 5.84. The SMILES string of the molecule is CC(C)Oc1nc(NCCc2ccncc2)ccc1N. The fraction of sp³-hybridized carbons (Fsp3) is 0.333. The quantitative estimate of drug-likeness (QED) is 0.845. The zero-order valence-electron chi connectivity index (χ0n) is 11.8. The van der Waals surface area contributed by atoms with Gasteiger partial charge in [0.15, 0.2) is 0 Å². The minimum absolute atomic E-state index is 0.0527. The second kappa shape index (κ2) is 6.75. The summed E-state index contributed by atoms with van der Waals surface area (Å²) in [7, 11) is 0. The monoisotopic (exact) mass is 272 g/mol. The van der Waals surface area contributed by atoms with Crippen LogP contribution in [0.4, 0.5) is 11.5 Å². The van der Waals surface area contributed by atoms with Gasteiger partial charge in [0.2, 0.25) is 5.88 Å². The Bertz CT molecular complexity index is 543. The number of nitrogens with one attached hydrogen (secondary N) is 1. The van der Waals surface area contributed by atoms with E-state index in [9.17, 15) is 0 Å². The molecule has 0 saturated heterocycles. The Labute approximate surface area is 119 Å². The first kappa shape index (κ1) is 14.1. The average Bonchev–Trinajstić information content (AvgIpc) is 2.43. The number of nitrogens with two attached hydrogens (primary N) is 1. The first-order valence-corrected chi connectivity index (χ1v) is 6.71. The molecule has 0 amide bonds. The average molecular weight is 272 g/mol. The molecule has 0 aromatic carbocycles. The maximum absolute atomic E-state index is 5.84. The van der Waals surface area contributed by atoms with E-state index in [1.807, 2.05) is 32.0 Å². The molecule has 20 heavy (non-hydrogen) atoms. The highest BCUT2D eigenvalue weighted by Gasteiger charge is 2.06. The van der Waals surface area contributed by atoms with E-state index in [2.05, 4.69) is 15.3 Å². The molecule has 5 heteroatoms. The van der Waals surface area contributed by atoms with Crippen LogP contribution in [-0.4, -0.2) is 22.6 Å².